The smallest absolute Gasteiger partial charge is 0.318 e. The molecule has 0 aliphatic rings. The van der Waals surface area contributed by atoms with E-state index in [0.29, 0.717) is 23.9 Å². The number of nitrogens with zero attached hydrogens (tertiary/aromatic N) is 5. The van der Waals surface area contributed by atoms with E-state index in [2.05, 4.69) is 20.4 Å². The van der Waals surface area contributed by atoms with Crippen LogP contribution < -0.4 is 5.32 Å². The van der Waals surface area contributed by atoms with Gasteiger partial charge in [-0.3, -0.25) is 14.8 Å². The largest absolute Gasteiger partial charge is 0.357 e. The molecule has 100 valence electrons. The Morgan fingerprint density at radius 2 is 2.21 bits per heavy atom. The van der Waals surface area contributed by atoms with E-state index < -0.39 is 4.92 Å². The maximum Gasteiger partial charge on any atom is 0.318 e. The molecule has 0 aromatic carbocycles. The zero-order chi connectivity index (χ0) is 14.0. The van der Waals surface area contributed by atoms with Gasteiger partial charge in [-0.2, -0.15) is 5.10 Å². The predicted octanol–water partition coefficient (Wildman–Crippen LogP) is 1.62. The first-order chi connectivity index (χ1) is 9.08. The topological polar surface area (TPSA) is 98.8 Å². The molecule has 0 amide bonds. The number of anilines is 1. The summed E-state index contributed by atoms with van der Waals surface area (Å²) in [6.07, 6.45) is 1.60. The summed E-state index contributed by atoms with van der Waals surface area (Å²) in [5.41, 5.74) is 1.12. The Kier molecular flexibility index (Phi) is 3.41. The van der Waals surface area contributed by atoms with Crippen molar-refractivity contribution >= 4 is 11.6 Å². The third kappa shape index (κ3) is 2.24. The van der Waals surface area contributed by atoms with Crippen molar-refractivity contribution in [1.82, 2.24) is 19.7 Å². The van der Waals surface area contributed by atoms with E-state index in [1.54, 1.807) is 30.9 Å². The van der Waals surface area contributed by atoms with E-state index in [1.165, 1.54) is 0 Å². The van der Waals surface area contributed by atoms with E-state index in [-0.39, 0.29) is 11.4 Å². The minimum absolute atomic E-state index is 0.0887. The number of aromatic nitrogens is 4. The second-order valence-corrected chi connectivity index (χ2v) is 3.87. The summed E-state index contributed by atoms with van der Waals surface area (Å²) in [5, 5.41) is 18.1. The summed E-state index contributed by atoms with van der Waals surface area (Å²) in [4.78, 5) is 19.0. The van der Waals surface area contributed by atoms with E-state index in [4.69, 9.17) is 0 Å². The van der Waals surface area contributed by atoms with Gasteiger partial charge >= 0.3 is 5.69 Å². The fourth-order valence-corrected chi connectivity index (χ4v) is 1.86. The lowest BCUT2D eigenvalue weighted by Crippen LogP contribution is -2.08. The molecular formula is C11H14N6O2. The Balaban J connectivity index is 2.73. The van der Waals surface area contributed by atoms with Crippen LogP contribution in [-0.2, 0) is 6.54 Å². The maximum atomic E-state index is 11.2. The summed E-state index contributed by atoms with van der Waals surface area (Å²) in [6, 6.07) is 1.71. The molecule has 19 heavy (non-hydrogen) atoms. The highest BCUT2D eigenvalue weighted by Crippen LogP contribution is 2.30. The van der Waals surface area contributed by atoms with Crippen molar-refractivity contribution in [3.05, 3.63) is 28.1 Å². The molecule has 0 fully saturated rings. The zero-order valence-electron chi connectivity index (χ0n) is 10.9. The molecule has 2 rings (SSSR count). The van der Waals surface area contributed by atoms with Crippen molar-refractivity contribution < 1.29 is 4.92 Å². The summed E-state index contributed by atoms with van der Waals surface area (Å²) in [5.74, 6) is 0.349. The van der Waals surface area contributed by atoms with E-state index in [1.807, 2.05) is 6.92 Å². The summed E-state index contributed by atoms with van der Waals surface area (Å²) >= 11 is 0. The molecule has 0 radical (unpaired) electrons. The molecule has 1 N–H and O–H groups in total. The number of hydrogen-bond donors (Lipinski definition) is 1. The minimum atomic E-state index is -0.461. The van der Waals surface area contributed by atoms with Crippen molar-refractivity contribution in [3.8, 4) is 11.4 Å². The van der Waals surface area contributed by atoms with Crippen LogP contribution in [0, 0.1) is 17.0 Å². The van der Waals surface area contributed by atoms with Crippen LogP contribution in [-0.4, -0.2) is 31.7 Å². The maximum absolute atomic E-state index is 11.2. The molecule has 0 saturated carbocycles. The molecule has 0 aliphatic carbocycles. The molecule has 2 aromatic heterocycles. The molecule has 2 aromatic rings. The van der Waals surface area contributed by atoms with Gasteiger partial charge in [-0.05, 0) is 19.9 Å². The van der Waals surface area contributed by atoms with Gasteiger partial charge in [-0.25, -0.2) is 9.97 Å². The second-order valence-electron chi connectivity index (χ2n) is 3.87. The van der Waals surface area contributed by atoms with Gasteiger partial charge in [0.15, 0.2) is 5.69 Å². The van der Waals surface area contributed by atoms with Crippen molar-refractivity contribution in [1.29, 1.82) is 0 Å². The minimum Gasteiger partial charge on any atom is -0.357 e. The van der Waals surface area contributed by atoms with Crippen molar-refractivity contribution in [2.75, 3.05) is 12.4 Å². The molecule has 2 heterocycles. The first-order valence-electron chi connectivity index (χ1n) is 5.81. The van der Waals surface area contributed by atoms with Gasteiger partial charge in [0.05, 0.1) is 10.6 Å². The Labute approximate surface area is 109 Å². The van der Waals surface area contributed by atoms with Gasteiger partial charge in [-0.15, -0.1) is 0 Å². The van der Waals surface area contributed by atoms with Gasteiger partial charge in [0.1, 0.15) is 5.69 Å². The number of rotatable bonds is 4. The average Bonchev–Trinajstić information content (AvgIpc) is 2.85. The fourth-order valence-electron chi connectivity index (χ4n) is 1.86. The molecule has 0 atom stereocenters. The Hall–Kier alpha value is -2.51. The van der Waals surface area contributed by atoms with Crippen LogP contribution in [0.4, 0.5) is 11.6 Å². The third-order valence-corrected chi connectivity index (χ3v) is 2.72. The molecule has 8 heteroatoms. The van der Waals surface area contributed by atoms with Gasteiger partial charge in [0, 0.05) is 19.8 Å². The molecule has 0 saturated heterocycles. The molecule has 8 nitrogen and oxygen atoms in total. The van der Waals surface area contributed by atoms with Gasteiger partial charge in [0.25, 0.3) is 0 Å². The van der Waals surface area contributed by atoms with Crippen LogP contribution in [0.3, 0.4) is 0 Å². The van der Waals surface area contributed by atoms with Crippen LogP contribution in [0.15, 0.2) is 12.3 Å². The Morgan fingerprint density at radius 3 is 2.79 bits per heavy atom. The van der Waals surface area contributed by atoms with Crippen molar-refractivity contribution in [2.24, 2.45) is 0 Å². The molecule has 0 bridgehead atoms. The van der Waals surface area contributed by atoms with Gasteiger partial charge in [0.2, 0.25) is 5.95 Å². The summed E-state index contributed by atoms with van der Waals surface area (Å²) in [6.45, 7) is 4.11. The number of nitro groups is 1. The lowest BCUT2D eigenvalue weighted by atomic mass is 10.2. The third-order valence-electron chi connectivity index (χ3n) is 2.72. The molecular weight excluding hydrogens is 248 g/mol. The van der Waals surface area contributed by atoms with Crippen LogP contribution >= 0.6 is 0 Å². The lowest BCUT2D eigenvalue weighted by molar-refractivity contribution is -0.385. The number of nitrogens with one attached hydrogen (secondary N) is 1. The highest BCUT2D eigenvalue weighted by atomic mass is 16.6. The monoisotopic (exact) mass is 262 g/mol. The van der Waals surface area contributed by atoms with Crippen molar-refractivity contribution in [3.63, 3.8) is 0 Å². The van der Waals surface area contributed by atoms with Crippen LogP contribution in [0.1, 0.15) is 12.6 Å². The quantitative estimate of drug-likeness (QED) is 0.664. The fraction of sp³-hybridized carbons (Fsp3) is 0.364. The highest BCUT2D eigenvalue weighted by molar-refractivity contribution is 5.69. The van der Waals surface area contributed by atoms with Crippen molar-refractivity contribution in [2.45, 2.75) is 20.4 Å². The average molecular weight is 262 g/mol. The first kappa shape index (κ1) is 12.9. The SMILES string of the molecule is CCn1nccc1-c1nc(NC)nc(C)c1[N+](=O)[O-]. The Morgan fingerprint density at radius 1 is 1.47 bits per heavy atom. The van der Waals surface area contributed by atoms with E-state index in [9.17, 15) is 10.1 Å². The summed E-state index contributed by atoms with van der Waals surface area (Å²) < 4.78 is 1.66. The van der Waals surface area contributed by atoms with E-state index >= 15 is 0 Å². The van der Waals surface area contributed by atoms with Crippen LogP contribution in [0.25, 0.3) is 11.4 Å². The predicted molar refractivity (Wildman–Crippen MR) is 69.9 cm³/mol. The normalized spacial score (nSPS) is 10.5. The standard InChI is InChI=1S/C11H14N6O2/c1-4-16-8(5-6-13-16)9-10(17(18)19)7(2)14-11(12-3)15-9/h5-6H,4H2,1-3H3,(H,12,14,15). The van der Waals surface area contributed by atoms with Crippen LogP contribution in [0.5, 0.6) is 0 Å². The number of aryl methyl sites for hydroxylation is 2. The van der Waals surface area contributed by atoms with E-state index in [0.717, 1.165) is 0 Å². The molecule has 0 unspecified atom stereocenters. The lowest BCUT2D eigenvalue weighted by Gasteiger charge is -2.08. The van der Waals surface area contributed by atoms with Gasteiger partial charge < -0.3 is 5.32 Å². The van der Waals surface area contributed by atoms with Gasteiger partial charge in [-0.1, -0.05) is 0 Å². The number of hydrogen-bond acceptors (Lipinski definition) is 6. The molecule has 0 aliphatic heterocycles. The molecule has 0 spiro atoms. The summed E-state index contributed by atoms with van der Waals surface area (Å²) in [7, 11) is 1.67. The highest BCUT2D eigenvalue weighted by Gasteiger charge is 2.25. The zero-order valence-corrected chi connectivity index (χ0v) is 10.9. The first-order valence-corrected chi connectivity index (χ1v) is 5.81. The second kappa shape index (κ2) is 5.01. The Bertz CT molecular complexity index is 622. The van der Waals surface area contributed by atoms with Crippen LogP contribution in [0.2, 0.25) is 0 Å².